The zero-order valence-electron chi connectivity index (χ0n) is 17.2. The lowest BCUT2D eigenvalue weighted by Gasteiger charge is -2.23. The second kappa shape index (κ2) is 9.11. The quantitative estimate of drug-likeness (QED) is 0.627. The molecule has 1 amide bonds. The number of amides is 1. The van der Waals surface area contributed by atoms with Crippen molar-refractivity contribution < 1.29 is 13.6 Å². The Kier molecular flexibility index (Phi) is 6.12. The van der Waals surface area contributed by atoms with E-state index in [1.807, 2.05) is 42.2 Å². The second-order valence-corrected chi connectivity index (χ2v) is 7.59. The van der Waals surface area contributed by atoms with Gasteiger partial charge in [-0.3, -0.25) is 4.79 Å². The summed E-state index contributed by atoms with van der Waals surface area (Å²) in [7, 11) is 0. The Bertz CT molecular complexity index is 985. The van der Waals surface area contributed by atoms with Crippen molar-refractivity contribution in [1.82, 2.24) is 9.88 Å². The number of hydrogen-bond donors (Lipinski definition) is 0. The lowest BCUT2D eigenvalue weighted by atomic mass is 10.1. The number of carbonyl (C=O) groups excluding carboxylic acids is 1. The van der Waals surface area contributed by atoms with Gasteiger partial charge >= 0.3 is 0 Å². The summed E-state index contributed by atoms with van der Waals surface area (Å²) in [5, 5.41) is 0. The minimum Gasteiger partial charge on any atom is -0.440 e. The van der Waals surface area contributed by atoms with E-state index in [1.54, 1.807) is 12.1 Å². The molecule has 6 heteroatoms. The topological polar surface area (TPSA) is 49.6 Å². The van der Waals surface area contributed by atoms with Gasteiger partial charge in [-0.05, 0) is 37.6 Å². The van der Waals surface area contributed by atoms with Crippen LogP contribution in [0.5, 0.6) is 0 Å². The van der Waals surface area contributed by atoms with Crippen molar-refractivity contribution in [2.75, 3.05) is 31.1 Å². The minimum absolute atomic E-state index is 0.119. The van der Waals surface area contributed by atoms with Gasteiger partial charge in [0.2, 0.25) is 5.91 Å². The van der Waals surface area contributed by atoms with Gasteiger partial charge in [0.05, 0.1) is 5.69 Å². The fourth-order valence-corrected chi connectivity index (χ4v) is 3.87. The summed E-state index contributed by atoms with van der Waals surface area (Å²) in [6.45, 7) is 4.92. The van der Waals surface area contributed by atoms with Gasteiger partial charge in [0.1, 0.15) is 5.82 Å². The Hall–Kier alpha value is -3.15. The van der Waals surface area contributed by atoms with Crippen LogP contribution in [0, 0.1) is 12.7 Å². The number of carbonyl (C=O) groups is 1. The van der Waals surface area contributed by atoms with Crippen molar-refractivity contribution >= 4 is 11.6 Å². The maximum absolute atomic E-state index is 13.2. The van der Waals surface area contributed by atoms with E-state index < -0.39 is 0 Å². The van der Waals surface area contributed by atoms with E-state index in [2.05, 4.69) is 9.88 Å². The molecule has 0 N–H and O–H groups in total. The van der Waals surface area contributed by atoms with Gasteiger partial charge in [-0.1, -0.05) is 30.3 Å². The molecule has 0 radical (unpaired) electrons. The van der Waals surface area contributed by atoms with Gasteiger partial charge < -0.3 is 14.2 Å². The predicted octanol–water partition coefficient (Wildman–Crippen LogP) is 4.46. The van der Waals surface area contributed by atoms with Crippen LogP contribution in [0.25, 0.3) is 11.3 Å². The number of nitrogens with zero attached hydrogens (tertiary/aromatic N) is 3. The molecule has 2 heterocycles. The van der Waals surface area contributed by atoms with Crippen LogP contribution < -0.4 is 4.90 Å². The first kappa shape index (κ1) is 20.1. The van der Waals surface area contributed by atoms with E-state index in [1.165, 1.54) is 12.1 Å². The van der Waals surface area contributed by atoms with Crippen LogP contribution in [0.1, 0.15) is 24.4 Å². The maximum atomic E-state index is 13.2. The molecule has 1 fully saturated rings. The summed E-state index contributed by atoms with van der Waals surface area (Å²) in [5.41, 5.74) is 2.83. The molecule has 4 rings (SSSR count). The van der Waals surface area contributed by atoms with Crippen LogP contribution in [0.3, 0.4) is 0 Å². The van der Waals surface area contributed by atoms with Crippen LogP contribution >= 0.6 is 0 Å². The Morgan fingerprint density at radius 2 is 1.80 bits per heavy atom. The zero-order valence-corrected chi connectivity index (χ0v) is 17.2. The van der Waals surface area contributed by atoms with Crippen molar-refractivity contribution in [2.45, 2.75) is 26.2 Å². The summed E-state index contributed by atoms with van der Waals surface area (Å²) < 4.78 is 19.1. The zero-order chi connectivity index (χ0) is 20.9. The SMILES string of the molecule is Cc1nc(CCC(=O)N2CCCN(c3ccc(F)cc3)CC2)oc1-c1ccccc1. The van der Waals surface area contributed by atoms with Gasteiger partial charge in [0.15, 0.2) is 11.7 Å². The smallest absolute Gasteiger partial charge is 0.223 e. The Morgan fingerprint density at radius 1 is 1.03 bits per heavy atom. The Morgan fingerprint density at radius 3 is 2.57 bits per heavy atom. The molecule has 1 saturated heterocycles. The van der Waals surface area contributed by atoms with Gasteiger partial charge in [-0.15, -0.1) is 0 Å². The number of rotatable bonds is 5. The van der Waals surface area contributed by atoms with Gasteiger partial charge in [-0.25, -0.2) is 9.37 Å². The molecule has 0 aliphatic carbocycles. The lowest BCUT2D eigenvalue weighted by Crippen LogP contribution is -2.35. The van der Waals surface area contributed by atoms with Crippen molar-refractivity contribution in [1.29, 1.82) is 0 Å². The summed E-state index contributed by atoms with van der Waals surface area (Å²) in [4.78, 5) is 21.4. The fraction of sp³-hybridized carbons (Fsp3) is 0.333. The molecule has 1 aromatic heterocycles. The van der Waals surface area contributed by atoms with Crippen molar-refractivity contribution in [3.8, 4) is 11.3 Å². The van der Waals surface area contributed by atoms with E-state index in [0.717, 1.165) is 48.8 Å². The standard InChI is InChI=1S/C24H26FN3O2/c1-18-24(19-6-3-2-4-7-19)30-22(26-18)12-13-23(29)28-15-5-14-27(16-17-28)21-10-8-20(25)9-11-21/h2-4,6-11H,5,12-17H2,1H3. The molecule has 0 atom stereocenters. The number of oxazole rings is 1. The molecule has 0 spiro atoms. The molecular formula is C24H26FN3O2. The normalized spacial score (nSPS) is 14.6. The average Bonchev–Trinajstić information content (AvgIpc) is 2.97. The molecule has 0 saturated carbocycles. The third-order valence-electron chi connectivity index (χ3n) is 5.47. The van der Waals surface area contributed by atoms with Crippen molar-refractivity contribution in [2.24, 2.45) is 0 Å². The van der Waals surface area contributed by atoms with Crippen LogP contribution in [-0.4, -0.2) is 42.0 Å². The number of benzene rings is 2. The highest BCUT2D eigenvalue weighted by molar-refractivity contribution is 5.76. The molecule has 156 valence electrons. The number of aromatic nitrogens is 1. The Balaban J connectivity index is 1.33. The minimum atomic E-state index is -0.234. The number of anilines is 1. The van der Waals surface area contributed by atoms with E-state index in [-0.39, 0.29) is 11.7 Å². The monoisotopic (exact) mass is 407 g/mol. The third kappa shape index (κ3) is 4.70. The number of halogens is 1. The van der Waals surface area contributed by atoms with Gasteiger partial charge in [0.25, 0.3) is 0 Å². The van der Waals surface area contributed by atoms with Crippen molar-refractivity contribution in [3.63, 3.8) is 0 Å². The van der Waals surface area contributed by atoms with Crippen LogP contribution in [0.15, 0.2) is 59.0 Å². The van der Waals surface area contributed by atoms with E-state index in [9.17, 15) is 9.18 Å². The molecule has 0 bridgehead atoms. The summed E-state index contributed by atoms with van der Waals surface area (Å²) in [6, 6.07) is 16.4. The second-order valence-electron chi connectivity index (χ2n) is 7.59. The third-order valence-corrected chi connectivity index (χ3v) is 5.47. The van der Waals surface area contributed by atoms with E-state index in [0.29, 0.717) is 25.3 Å². The van der Waals surface area contributed by atoms with Crippen molar-refractivity contribution in [3.05, 3.63) is 72.0 Å². The molecule has 5 nitrogen and oxygen atoms in total. The highest BCUT2D eigenvalue weighted by Crippen LogP contribution is 2.25. The van der Waals surface area contributed by atoms with E-state index >= 15 is 0 Å². The van der Waals surface area contributed by atoms with Crippen LogP contribution in [-0.2, 0) is 11.2 Å². The molecule has 1 aliphatic rings. The largest absolute Gasteiger partial charge is 0.440 e. The van der Waals surface area contributed by atoms with Gasteiger partial charge in [0, 0.05) is 50.3 Å². The first-order valence-corrected chi connectivity index (χ1v) is 10.4. The lowest BCUT2D eigenvalue weighted by molar-refractivity contribution is -0.131. The molecule has 1 aliphatic heterocycles. The fourth-order valence-electron chi connectivity index (χ4n) is 3.87. The summed E-state index contributed by atoms with van der Waals surface area (Å²) in [5.74, 6) is 1.25. The molecule has 2 aromatic carbocycles. The number of hydrogen-bond acceptors (Lipinski definition) is 4. The van der Waals surface area contributed by atoms with Crippen LogP contribution in [0.4, 0.5) is 10.1 Å². The molecular weight excluding hydrogens is 381 g/mol. The van der Waals surface area contributed by atoms with E-state index in [4.69, 9.17) is 4.42 Å². The van der Waals surface area contributed by atoms with Gasteiger partial charge in [-0.2, -0.15) is 0 Å². The Labute approximate surface area is 176 Å². The highest BCUT2D eigenvalue weighted by Gasteiger charge is 2.20. The molecule has 30 heavy (non-hydrogen) atoms. The summed E-state index contributed by atoms with van der Waals surface area (Å²) >= 11 is 0. The molecule has 3 aromatic rings. The first-order chi connectivity index (χ1) is 14.6. The first-order valence-electron chi connectivity index (χ1n) is 10.4. The highest BCUT2D eigenvalue weighted by atomic mass is 19.1. The number of aryl methyl sites for hydroxylation is 2. The van der Waals surface area contributed by atoms with Crippen LogP contribution in [0.2, 0.25) is 0 Å². The molecule has 0 unspecified atom stereocenters. The maximum Gasteiger partial charge on any atom is 0.223 e. The average molecular weight is 407 g/mol. The predicted molar refractivity (Wildman–Crippen MR) is 115 cm³/mol. The summed E-state index contributed by atoms with van der Waals surface area (Å²) in [6.07, 6.45) is 1.76.